The average molecular weight is 273 g/mol. The molecule has 3 amide bonds. The first-order valence-corrected chi connectivity index (χ1v) is 6.21. The predicted octanol–water partition coefficient (Wildman–Crippen LogP) is 0.406. The Kier molecular flexibility index (Phi) is 6.31. The summed E-state index contributed by atoms with van der Waals surface area (Å²) in [7, 11) is 0. The predicted molar refractivity (Wildman–Crippen MR) is 70.8 cm³/mol. The van der Waals surface area contributed by atoms with Crippen LogP contribution in [0.2, 0.25) is 0 Å². The van der Waals surface area contributed by atoms with E-state index in [2.05, 4.69) is 10.6 Å². The summed E-state index contributed by atoms with van der Waals surface area (Å²) in [4.78, 5) is 35.6. The van der Waals surface area contributed by atoms with Crippen LogP contribution < -0.4 is 10.6 Å². The molecule has 0 aliphatic heterocycles. The molecule has 0 aromatic heterocycles. The zero-order valence-electron chi connectivity index (χ0n) is 12.1. The van der Waals surface area contributed by atoms with Gasteiger partial charge in [-0.1, -0.05) is 0 Å². The van der Waals surface area contributed by atoms with Crippen molar-refractivity contribution in [2.45, 2.75) is 46.2 Å². The fourth-order valence-corrected chi connectivity index (χ4v) is 1.53. The molecule has 0 aliphatic carbocycles. The standard InChI is InChI=1S/C12H23N3O4/c1-6-15(12(4,5)10(17)18)11(19)13-7-9(16)14-8(2)3/h8H,6-7H2,1-5H3,(H,13,19)(H,14,16)(H,17,18). The first kappa shape index (κ1) is 17.2. The Bertz CT molecular complexity index is 353. The molecule has 0 fully saturated rings. The third-order valence-corrected chi connectivity index (χ3v) is 2.61. The number of hydrogen-bond donors (Lipinski definition) is 3. The Labute approximate surface area is 113 Å². The number of carboxylic acid groups (broad SMARTS) is 1. The van der Waals surface area contributed by atoms with Crippen LogP contribution in [-0.4, -0.2) is 52.6 Å². The highest BCUT2D eigenvalue weighted by molar-refractivity contribution is 5.88. The number of rotatable bonds is 6. The van der Waals surface area contributed by atoms with Gasteiger partial charge in [-0.05, 0) is 34.6 Å². The summed E-state index contributed by atoms with van der Waals surface area (Å²) in [5.41, 5.74) is -1.33. The van der Waals surface area contributed by atoms with Gasteiger partial charge in [-0.25, -0.2) is 9.59 Å². The molecular weight excluding hydrogens is 250 g/mol. The largest absolute Gasteiger partial charge is 0.480 e. The van der Waals surface area contributed by atoms with Gasteiger partial charge >= 0.3 is 12.0 Å². The molecule has 0 atom stereocenters. The summed E-state index contributed by atoms with van der Waals surface area (Å²) in [5, 5.41) is 14.1. The summed E-state index contributed by atoms with van der Waals surface area (Å²) in [6.07, 6.45) is 0. The van der Waals surface area contributed by atoms with Gasteiger partial charge in [0.1, 0.15) is 5.54 Å². The van der Waals surface area contributed by atoms with Gasteiger partial charge in [0.25, 0.3) is 0 Å². The molecule has 0 radical (unpaired) electrons. The Morgan fingerprint density at radius 1 is 1.26 bits per heavy atom. The number of aliphatic carboxylic acids is 1. The molecule has 3 N–H and O–H groups in total. The smallest absolute Gasteiger partial charge is 0.329 e. The topological polar surface area (TPSA) is 98.7 Å². The second-order valence-electron chi connectivity index (χ2n) is 4.99. The number of carbonyl (C=O) groups excluding carboxylic acids is 2. The first-order chi connectivity index (χ1) is 8.62. The van der Waals surface area contributed by atoms with Crippen molar-refractivity contribution in [3.63, 3.8) is 0 Å². The normalized spacial score (nSPS) is 11.1. The molecule has 110 valence electrons. The third kappa shape index (κ3) is 5.15. The Morgan fingerprint density at radius 2 is 1.79 bits per heavy atom. The van der Waals surface area contributed by atoms with Crippen LogP contribution >= 0.6 is 0 Å². The van der Waals surface area contributed by atoms with Crippen LogP contribution in [0.1, 0.15) is 34.6 Å². The molecule has 0 spiro atoms. The number of nitrogens with one attached hydrogen (secondary N) is 2. The summed E-state index contributed by atoms with van der Waals surface area (Å²) in [6.45, 7) is 8.23. The van der Waals surface area contributed by atoms with E-state index in [1.165, 1.54) is 13.8 Å². The highest BCUT2D eigenvalue weighted by Crippen LogP contribution is 2.14. The Morgan fingerprint density at radius 3 is 2.16 bits per heavy atom. The fraction of sp³-hybridized carbons (Fsp3) is 0.750. The summed E-state index contributed by atoms with van der Waals surface area (Å²) in [5.74, 6) is -1.41. The van der Waals surface area contributed by atoms with Crippen LogP contribution in [0, 0.1) is 0 Å². The lowest BCUT2D eigenvalue weighted by atomic mass is 10.0. The molecule has 0 heterocycles. The van der Waals surface area contributed by atoms with Crippen LogP contribution in [-0.2, 0) is 9.59 Å². The molecule has 19 heavy (non-hydrogen) atoms. The van der Waals surface area contributed by atoms with E-state index in [9.17, 15) is 14.4 Å². The van der Waals surface area contributed by atoms with Crippen molar-refractivity contribution in [3.8, 4) is 0 Å². The third-order valence-electron chi connectivity index (χ3n) is 2.61. The molecule has 0 rings (SSSR count). The van der Waals surface area contributed by atoms with Crippen LogP contribution in [0.25, 0.3) is 0 Å². The number of likely N-dealkylation sites (N-methyl/N-ethyl adjacent to an activating group) is 1. The maximum atomic E-state index is 11.9. The minimum atomic E-state index is -1.33. The van der Waals surface area contributed by atoms with Gasteiger partial charge in [-0.15, -0.1) is 0 Å². The number of hydrogen-bond acceptors (Lipinski definition) is 3. The van der Waals surface area contributed by atoms with E-state index in [0.29, 0.717) is 0 Å². The molecule has 0 aliphatic rings. The van der Waals surface area contributed by atoms with Crippen molar-refractivity contribution in [1.29, 1.82) is 0 Å². The lowest BCUT2D eigenvalue weighted by Crippen LogP contribution is -2.57. The molecule has 7 nitrogen and oxygen atoms in total. The molecule has 0 bridgehead atoms. The Hall–Kier alpha value is -1.79. The minimum absolute atomic E-state index is 0.0119. The van der Waals surface area contributed by atoms with E-state index in [0.717, 1.165) is 4.90 Å². The van der Waals surface area contributed by atoms with Gasteiger partial charge in [0, 0.05) is 12.6 Å². The van der Waals surface area contributed by atoms with Crippen LogP contribution in [0.3, 0.4) is 0 Å². The Balaban J connectivity index is 4.55. The highest BCUT2D eigenvalue weighted by atomic mass is 16.4. The summed E-state index contributed by atoms with van der Waals surface area (Å²) < 4.78 is 0. The van der Waals surface area contributed by atoms with Crippen molar-refractivity contribution in [1.82, 2.24) is 15.5 Å². The van der Waals surface area contributed by atoms with Crippen LogP contribution in [0.15, 0.2) is 0 Å². The maximum absolute atomic E-state index is 11.9. The molecular formula is C12H23N3O4. The maximum Gasteiger partial charge on any atom is 0.329 e. The second kappa shape index (κ2) is 6.96. The van der Waals surface area contributed by atoms with Crippen molar-refractivity contribution < 1.29 is 19.5 Å². The monoisotopic (exact) mass is 273 g/mol. The lowest BCUT2D eigenvalue weighted by molar-refractivity contribution is -0.147. The number of amides is 3. The van der Waals surface area contributed by atoms with Gasteiger partial charge in [0.05, 0.1) is 6.54 Å². The van der Waals surface area contributed by atoms with E-state index < -0.39 is 17.5 Å². The highest BCUT2D eigenvalue weighted by Gasteiger charge is 2.36. The van der Waals surface area contributed by atoms with E-state index >= 15 is 0 Å². The van der Waals surface area contributed by atoms with Gasteiger partial charge in [0.2, 0.25) is 5.91 Å². The molecule has 0 saturated carbocycles. The second-order valence-corrected chi connectivity index (χ2v) is 4.99. The molecule has 0 saturated heterocycles. The fourth-order valence-electron chi connectivity index (χ4n) is 1.53. The van der Waals surface area contributed by atoms with Crippen LogP contribution in [0.5, 0.6) is 0 Å². The number of carboxylic acids is 1. The van der Waals surface area contributed by atoms with E-state index in [-0.39, 0.29) is 25.0 Å². The van der Waals surface area contributed by atoms with Gasteiger partial charge < -0.3 is 20.6 Å². The molecule has 0 aromatic rings. The van der Waals surface area contributed by atoms with Gasteiger partial charge in [-0.3, -0.25) is 4.79 Å². The van der Waals surface area contributed by atoms with E-state index in [1.54, 1.807) is 6.92 Å². The average Bonchev–Trinajstić information content (AvgIpc) is 2.25. The van der Waals surface area contributed by atoms with Crippen molar-refractivity contribution in [3.05, 3.63) is 0 Å². The number of nitrogens with zero attached hydrogens (tertiary/aromatic N) is 1. The quantitative estimate of drug-likeness (QED) is 0.652. The lowest BCUT2D eigenvalue weighted by Gasteiger charge is -2.34. The van der Waals surface area contributed by atoms with Gasteiger partial charge in [-0.2, -0.15) is 0 Å². The van der Waals surface area contributed by atoms with Gasteiger partial charge in [0.15, 0.2) is 0 Å². The first-order valence-electron chi connectivity index (χ1n) is 6.21. The zero-order chi connectivity index (χ0) is 15.2. The molecule has 0 unspecified atom stereocenters. The SMILES string of the molecule is CCN(C(=O)NCC(=O)NC(C)C)C(C)(C)C(=O)O. The summed E-state index contributed by atoms with van der Waals surface area (Å²) >= 11 is 0. The van der Waals surface area contributed by atoms with E-state index in [4.69, 9.17) is 5.11 Å². The van der Waals surface area contributed by atoms with Crippen molar-refractivity contribution >= 4 is 17.9 Å². The number of urea groups is 1. The molecule has 7 heteroatoms. The molecule has 0 aromatic carbocycles. The van der Waals surface area contributed by atoms with Crippen LogP contribution in [0.4, 0.5) is 4.79 Å². The van der Waals surface area contributed by atoms with Crippen molar-refractivity contribution in [2.24, 2.45) is 0 Å². The zero-order valence-corrected chi connectivity index (χ0v) is 12.1. The number of carbonyl (C=O) groups is 3. The summed E-state index contributed by atoms with van der Waals surface area (Å²) in [6, 6.07) is -0.587. The minimum Gasteiger partial charge on any atom is -0.480 e. The van der Waals surface area contributed by atoms with E-state index in [1.807, 2.05) is 13.8 Å². The van der Waals surface area contributed by atoms with Crippen molar-refractivity contribution in [2.75, 3.05) is 13.1 Å².